The number of hydrogen-bond donors (Lipinski definition) is 2. The van der Waals surface area contributed by atoms with E-state index >= 15 is 0 Å². The van der Waals surface area contributed by atoms with Crippen molar-refractivity contribution in [2.24, 2.45) is 0 Å². The minimum Gasteiger partial charge on any atom is -0.480 e. The van der Waals surface area contributed by atoms with Gasteiger partial charge in [0.1, 0.15) is 11.9 Å². The zero-order valence-electron chi connectivity index (χ0n) is 19.2. The largest absolute Gasteiger partial charge is 0.480 e. The summed E-state index contributed by atoms with van der Waals surface area (Å²) in [6.07, 6.45) is -10.6. The Bertz CT molecular complexity index is 1300. The summed E-state index contributed by atoms with van der Waals surface area (Å²) in [5.74, 6) is -3.20. The molecule has 37 heavy (non-hydrogen) atoms. The lowest BCUT2D eigenvalue weighted by atomic mass is 9.95. The molecule has 1 amide bonds. The van der Waals surface area contributed by atoms with Crippen LogP contribution in [0.1, 0.15) is 43.7 Å². The van der Waals surface area contributed by atoms with Crippen molar-refractivity contribution in [2.75, 3.05) is 0 Å². The first-order valence-corrected chi connectivity index (χ1v) is 10.8. The molecule has 1 atom stereocenters. The van der Waals surface area contributed by atoms with Crippen molar-refractivity contribution in [1.82, 2.24) is 5.32 Å². The summed E-state index contributed by atoms with van der Waals surface area (Å²) in [4.78, 5) is 24.3. The number of aliphatic carboxylic acids is 1. The Morgan fingerprint density at radius 2 is 1.54 bits per heavy atom. The number of hydrogen-bond acceptors (Lipinski definition) is 2. The van der Waals surface area contributed by atoms with Crippen LogP contribution in [0.4, 0.5) is 30.7 Å². The summed E-state index contributed by atoms with van der Waals surface area (Å²) in [6.45, 7) is 1.48. The summed E-state index contributed by atoms with van der Waals surface area (Å²) in [5.41, 5.74) is -2.66. The van der Waals surface area contributed by atoms with Crippen LogP contribution >= 0.6 is 0 Å². The molecule has 0 radical (unpaired) electrons. The van der Waals surface area contributed by atoms with E-state index in [1.807, 2.05) is 0 Å². The molecule has 0 saturated heterocycles. The second-order valence-corrected chi connectivity index (χ2v) is 8.36. The molecular weight excluding hydrogens is 507 g/mol. The average Bonchev–Trinajstić information content (AvgIpc) is 2.77. The molecule has 0 saturated carbocycles. The van der Waals surface area contributed by atoms with Crippen LogP contribution in [0.25, 0.3) is 0 Å². The van der Waals surface area contributed by atoms with E-state index < -0.39 is 52.8 Å². The van der Waals surface area contributed by atoms with Gasteiger partial charge in [0, 0.05) is 6.42 Å². The lowest BCUT2D eigenvalue weighted by Gasteiger charge is -2.17. The van der Waals surface area contributed by atoms with Gasteiger partial charge < -0.3 is 10.4 Å². The van der Waals surface area contributed by atoms with Crippen LogP contribution in [0, 0.1) is 12.7 Å². The highest BCUT2D eigenvalue weighted by molar-refractivity contribution is 5.98. The third kappa shape index (κ3) is 6.87. The van der Waals surface area contributed by atoms with Crippen molar-refractivity contribution in [3.05, 3.63) is 105 Å². The lowest BCUT2D eigenvalue weighted by molar-refractivity contribution is -0.143. The molecule has 0 heterocycles. The number of aryl methyl sites for hydroxylation is 1. The van der Waals surface area contributed by atoms with Gasteiger partial charge in [0.15, 0.2) is 0 Å². The number of carboxylic acids is 1. The zero-order chi connectivity index (χ0) is 27.5. The van der Waals surface area contributed by atoms with Crippen LogP contribution < -0.4 is 5.32 Å². The Morgan fingerprint density at radius 1 is 0.892 bits per heavy atom. The standard InChI is InChI=1S/C26H20F7NO3/c1-14-4-2-7-20(27)22(14)23(35)34-21(24(36)37)12-16-6-3-5-15(10-16)11-17-8-9-18(25(28,29)30)13-19(17)26(31,32)33/h2-10,13,21H,11-12H2,1H3,(H,34,35)(H,36,37)/t21-/m0/s1. The third-order valence-electron chi connectivity index (χ3n) is 5.62. The molecule has 0 spiro atoms. The summed E-state index contributed by atoms with van der Waals surface area (Å²) >= 11 is 0. The second kappa shape index (κ2) is 10.6. The summed E-state index contributed by atoms with van der Waals surface area (Å²) in [7, 11) is 0. The number of rotatable bonds is 7. The van der Waals surface area contributed by atoms with E-state index in [2.05, 4.69) is 5.32 Å². The Labute approximate surface area is 206 Å². The minimum absolute atomic E-state index is 0.0554. The van der Waals surface area contributed by atoms with Gasteiger partial charge in [-0.25, -0.2) is 9.18 Å². The zero-order valence-corrected chi connectivity index (χ0v) is 19.2. The fraction of sp³-hybridized carbons (Fsp3) is 0.231. The monoisotopic (exact) mass is 527 g/mol. The summed E-state index contributed by atoms with van der Waals surface area (Å²) in [6, 6.07) is 9.59. The molecule has 4 nitrogen and oxygen atoms in total. The number of alkyl halides is 6. The fourth-order valence-electron chi connectivity index (χ4n) is 3.84. The Balaban J connectivity index is 1.84. The van der Waals surface area contributed by atoms with E-state index in [0.717, 1.165) is 12.1 Å². The van der Waals surface area contributed by atoms with Gasteiger partial charge in [0.2, 0.25) is 0 Å². The molecule has 2 N–H and O–H groups in total. The van der Waals surface area contributed by atoms with Gasteiger partial charge >= 0.3 is 18.3 Å². The molecule has 196 valence electrons. The normalized spacial score (nSPS) is 12.8. The predicted molar refractivity (Wildman–Crippen MR) is 119 cm³/mol. The number of halogens is 7. The van der Waals surface area contributed by atoms with Crippen LogP contribution in [0.3, 0.4) is 0 Å². The number of nitrogens with one attached hydrogen (secondary N) is 1. The fourth-order valence-corrected chi connectivity index (χ4v) is 3.84. The number of benzene rings is 3. The molecule has 0 fully saturated rings. The SMILES string of the molecule is Cc1cccc(F)c1C(=O)N[C@@H](Cc1cccc(Cc2ccc(C(F)(F)F)cc2C(F)(F)F)c1)C(=O)O. The van der Waals surface area contributed by atoms with Crippen molar-refractivity contribution in [1.29, 1.82) is 0 Å². The van der Waals surface area contributed by atoms with E-state index in [1.165, 1.54) is 43.3 Å². The van der Waals surface area contributed by atoms with Crippen LogP contribution in [-0.4, -0.2) is 23.0 Å². The van der Waals surface area contributed by atoms with Crippen LogP contribution in [0.2, 0.25) is 0 Å². The lowest BCUT2D eigenvalue weighted by Crippen LogP contribution is -2.42. The van der Waals surface area contributed by atoms with E-state index in [1.54, 1.807) is 0 Å². The molecule has 0 bridgehead atoms. The highest BCUT2D eigenvalue weighted by atomic mass is 19.4. The Kier molecular flexibility index (Phi) is 7.94. The quantitative estimate of drug-likeness (QED) is 0.360. The smallest absolute Gasteiger partial charge is 0.416 e. The van der Waals surface area contributed by atoms with Gasteiger partial charge in [-0.3, -0.25) is 4.79 Å². The molecular formula is C26H20F7NO3. The van der Waals surface area contributed by atoms with Crippen LogP contribution in [-0.2, 0) is 30.0 Å². The number of amides is 1. The molecule has 3 rings (SSSR count). The van der Waals surface area contributed by atoms with Crippen molar-refractivity contribution in [3.63, 3.8) is 0 Å². The molecule has 3 aromatic rings. The first kappa shape index (κ1) is 27.7. The molecule has 0 aliphatic heterocycles. The van der Waals surface area contributed by atoms with Gasteiger partial charge in [0.25, 0.3) is 5.91 Å². The molecule has 11 heteroatoms. The number of carbonyl (C=O) groups excluding carboxylic acids is 1. The maximum absolute atomic E-state index is 14.1. The van der Waals surface area contributed by atoms with Crippen molar-refractivity contribution >= 4 is 11.9 Å². The minimum atomic E-state index is -5.03. The Morgan fingerprint density at radius 3 is 2.14 bits per heavy atom. The van der Waals surface area contributed by atoms with Crippen molar-refractivity contribution < 1.29 is 45.4 Å². The maximum Gasteiger partial charge on any atom is 0.416 e. The maximum atomic E-state index is 14.1. The topological polar surface area (TPSA) is 66.4 Å². The highest BCUT2D eigenvalue weighted by Gasteiger charge is 2.38. The van der Waals surface area contributed by atoms with Gasteiger partial charge in [-0.1, -0.05) is 42.5 Å². The number of carbonyl (C=O) groups is 2. The molecule has 3 aromatic carbocycles. The molecule has 0 aliphatic carbocycles. The predicted octanol–water partition coefficient (Wildman–Crippen LogP) is 6.19. The van der Waals surface area contributed by atoms with Gasteiger partial charge in [0.05, 0.1) is 16.7 Å². The molecule has 0 aromatic heterocycles. The van der Waals surface area contributed by atoms with Gasteiger partial charge in [-0.05, 0) is 53.8 Å². The van der Waals surface area contributed by atoms with Crippen molar-refractivity contribution in [2.45, 2.75) is 38.2 Å². The van der Waals surface area contributed by atoms with Crippen LogP contribution in [0.15, 0.2) is 60.7 Å². The number of carboxylic acid groups (broad SMARTS) is 1. The first-order chi connectivity index (χ1) is 17.2. The summed E-state index contributed by atoms with van der Waals surface area (Å²) in [5, 5.41) is 11.8. The van der Waals surface area contributed by atoms with E-state index in [-0.39, 0.29) is 30.0 Å². The second-order valence-electron chi connectivity index (χ2n) is 8.36. The molecule has 0 aliphatic rings. The van der Waals surface area contributed by atoms with Crippen molar-refractivity contribution in [3.8, 4) is 0 Å². The van der Waals surface area contributed by atoms with E-state index in [0.29, 0.717) is 17.2 Å². The third-order valence-corrected chi connectivity index (χ3v) is 5.62. The summed E-state index contributed by atoms with van der Waals surface area (Å²) < 4.78 is 93.3. The average molecular weight is 527 g/mol. The Hall–Kier alpha value is -3.89. The van der Waals surface area contributed by atoms with Crippen LogP contribution in [0.5, 0.6) is 0 Å². The molecule has 0 unspecified atom stereocenters. The first-order valence-electron chi connectivity index (χ1n) is 10.8. The highest BCUT2D eigenvalue weighted by Crippen LogP contribution is 2.38. The van der Waals surface area contributed by atoms with Gasteiger partial charge in [-0.2, -0.15) is 26.3 Å². The van der Waals surface area contributed by atoms with Gasteiger partial charge in [-0.15, -0.1) is 0 Å². The van der Waals surface area contributed by atoms with E-state index in [4.69, 9.17) is 0 Å². The van der Waals surface area contributed by atoms with E-state index in [9.17, 15) is 45.4 Å².